The van der Waals surface area contributed by atoms with E-state index in [0.29, 0.717) is 30.0 Å². The first-order chi connectivity index (χ1) is 20.7. The average molecular weight is 602 g/mol. The van der Waals surface area contributed by atoms with Crippen molar-refractivity contribution in [3.63, 3.8) is 0 Å². The van der Waals surface area contributed by atoms with E-state index >= 15 is 0 Å². The maximum atomic E-state index is 13.2. The van der Waals surface area contributed by atoms with Crippen molar-refractivity contribution in [1.82, 2.24) is 29.8 Å². The van der Waals surface area contributed by atoms with E-state index in [4.69, 9.17) is 0 Å². The van der Waals surface area contributed by atoms with Gasteiger partial charge in [-0.15, -0.1) is 0 Å². The highest BCUT2D eigenvalue weighted by atomic mass is 32.2. The quantitative estimate of drug-likeness (QED) is 0.128. The SMILES string of the molecule is Cn1nc(CCCNc2ncc[nH]2)c2cccc(C(=O)NCC(NS(=O)(=O)c3ccc(-c4ccccc4)cc3)C(=O)O)c21. The summed E-state index contributed by atoms with van der Waals surface area (Å²) in [6.07, 6.45) is 4.84. The van der Waals surface area contributed by atoms with E-state index in [-0.39, 0.29) is 4.90 Å². The van der Waals surface area contributed by atoms with Crippen molar-refractivity contribution in [2.24, 2.45) is 7.05 Å². The Bertz CT molecular complexity index is 1820. The number of amides is 1. The highest BCUT2D eigenvalue weighted by Gasteiger charge is 2.27. The van der Waals surface area contributed by atoms with Gasteiger partial charge in [0, 0.05) is 37.9 Å². The minimum Gasteiger partial charge on any atom is -0.480 e. The van der Waals surface area contributed by atoms with Crippen molar-refractivity contribution >= 4 is 38.8 Å². The van der Waals surface area contributed by atoms with Gasteiger partial charge in [0.05, 0.1) is 21.7 Å². The van der Waals surface area contributed by atoms with Crippen molar-refractivity contribution in [1.29, 1.82) is 0 Å². The third kappa shape index (κ3) is 6.90. The molecule has 2 aromatic heterocycles. The number of aliphatic carboxylic acids is 1. The van der Waals surface area contributed by atoms with Crippen molar-refractivity contribution in [3.8, 4) is 11.1 Å². The first-order valence-corrected chi connectivity index (χ1v) is 15.1. The molecule has 0 aliphatic carbocycles. The van der Waals surface area contributed by atoms with E-state index in [0.717, 1.165) is 28.6 Å². The predicted octanol–water partition coefficient (Wildman–Crippen LogP) is 3.17. The minimum atomic E-state index is -4.19. The maximum absolute atomic E-state index is 13.2. The molecular weight excluding hydrogens is 570 g/mol. The summed E-state index contributed by atoms with van der Waals surface area (Å²) in [6, 6.07) is 19.2. The molecule has 0 radical (unpaired) electrons. The Balaban J connectivity index is 1.24. The van der Waals surface area contributed by atoms with Gasteiger partial charge in [0.15, 0.2) is 5.95 Å². The van der Waals surface area contributed by atoms with Crippen LogP contribution in [0.5, 0.6) is 0 Å². The molecule has 222 valence electrons. The fraction of sp³-hybridized carbons (Fsp3) is 0.200. The number of rotatable bonds is 13. The number of aromatic nitrogens is 4. The number of carboxylic acids is 1. The summed E-state index contributed by atoms with van der Waals surface area (Å²) >= 11 is 0. The second-order valence-corrected chi connectivity index (χ2v) is 11.6. The number of fused-ring (bicyclic) bond motifs is 1. The van der Waals surface area contributed by atoms with Crippen LogP contribution in [0.3, 0.4) is 0 Å². The van der Waals surface area contributed by atoms with Crippen LogP contribution in [0.15, 0.2) is 90.1 Å². The van der Waals surface area contributed by atoms with Crippen molar-refractivity contribution in [2.45, 2.75) is 23.8 Å². The molecule has 1 atom stereocenters. The number of carbonyl (C=O) groups is 2. The number of carbonyl (C=O) groups excluding carboxylic acids is 1. The van der Waals surface area contributed by atoms with E-state index in [9.17, 15) is 23.1 Å². The normalized spacial score (nSPS) is 12.2. The van der Waals surface area contributed by atoms with Crippen LogP contribution in [0, 0.1) is 0 Å². The zero-order valence-corrected chi connectivity index (χ0v) is 24.1. The van der Waals surface area contributed by atoms with Gasteiger partial charge in [-0.1, -0.05) is 54.6 Å². The maximum Gasteiger partial charge on any atom is 0.323 e. The number of nitrogens with one attached hydrogen (secondary N) is 4. The van der Waals surface area contributed by atoms with E-state index in [1.807, 2.05) is 36.4 Å². The Morgan fingerprint density at radius 3 is 2.44 bits per heavy atom. The van der Waals surface area contributed by atoms with Gasteiger partial charge in [0.2, 0.25) is 10.0 Å². The Kier molecular flexibility index (Phi) is 8.83. The summed E-state index contributed by atoms with van der Waals surface area (Å²) in [7, 11) is -2.45. The number of para-hydroxylation sites is 1. The Morgan fingerprint density at radius 2 is 1.74 bits per heavy atom. The number of carboxylic acid groups (broad SMARTS) is 1. The summed E-state index contributed by atoms with van der Waals surface area (Å²) in [6.45, 7) is 0.213. The number of hydrogen-bond acceptors (Lipinski definition) is 7. The molecule has 0 aliphatic rings. The lowest BCUT2D eigenvalue weighted by Gasteiger charge is -2.16. The first kappa shape index (κ1) is 29.5. The topological polar surface area (TPSA) is 171 Å². The molecule has 0 spiro atoms. The van der Waals surface area contributed by atoms with Gasteiger partial charge >= 0.3 is 5.97 Å². The Morgan fingerprint density at radius 1 is 1.00 bits per heavy atom. The van der Waals surface area contributed by atoms with E-state index in [1.165, 1.54) is 12.1 Å². The molecule has 1 unspecified atom stereocenters. The van der Waals surface area contributed by atoms with Crippen molar-refractivity contribution in [3.05, 3.63) is 96.4 Å². The number of nitrogens with zero attached hydrogens (tertiary/aromatic N) is 3. The van der Waals surface area contributed by atoms with Crippen LogP contribution >= 0.6 is 0 Å². The number of hydrogen-bond donors (Lipinski definition) is 5. The van der Waals surface area contributed by atoms with Crippen molar-refractivity contribution in [2.75, 3.05) is 18.4 Å². The lowest BCUT2D eigenvalue weighted by molar-refractivity contribution is -0.138. The predicted molar refractivity (Wildman–Crippen MR) is 162 cm³/mol. The molecule has 5 N–H and O–H groups in total. The van der Waals surface area contributed by atoms with E-state index < -0.39 is 34.5 Å². The molecule has 5 aromatic rings. The number of imidazole rings is 1. The molecular formula is C30H31N7O5S. The lowest BCUT2D eigenvalue weighted by atomic mass is 10.1. The second kappa shape index (κ2) is 12.9. The summed E-state index contributed by atoms with van der Waals surface area (Å²) < 4.78 is 29.8. The van der Waals surface area contributed by atoms with Crippen LogP contribution in [-0.4, -0.2) is 64.3 Å². The summed E-state index contributed by atoms with van der Waals surface area (Å²) in [5.74, 6) is -1.28. The number of aryl methyl sites for hydroxylation is 2. The van der Waals surface area contributed by atoms with E-state index in [1.54, 1.807) is 48.4 Å². The van der Waals surface area contributed by atoms with Gasteiger partial charge in [-0.25, -0.2) is 13.4 Å². The van der Waals surface area contributed by atoms with E-state index in [2.05, 4.69) is 30.4 Å². The zero-order valence-electron chi connectivity index (χ0n) is 23.3. The van der Waals surface area contributed by atoms with Crippen LogP contribution in [-0.2, 0) is 28.3 Å². The third-order valence-corrected chi connectivity index (χ3v) is 8.39. The van der Waals surface area contributed by atoms with Gasteiger partial charge in [-0.05, 0) is 42.2 Å². The number of sulfonamides is 1. The van der Waals surface area contributed by atoms with Crippen LogP contribution in [0.4, 0.5) is 5.95 Å². The molecule has 2 heterocycles. The molecule has 5 rings (SSSR count). The molecule has 0 aliphatic heterocycles. The summed E-state index contributed by atoms with van der Waals surface area (Å²) in [4.78, 5) is 32.2. The number of aromatic amines is 1. The molecule has 12 nitrogen and oxygen atoms in total. The number of H-pyrrole nitrogens is 1. The summed E-state index contributed by atoms with van der Waals surface area (Å²) in [5.41, 5.74) is 3.46. The minimum absolute atomic E-state index is 0.0868. The zero-order chi connectivity index (χ0) is 30.4. The monoisotopic (exact) mass is 601 g/mol. The molecule has 1 amide bonds. The smallest absolute Gasteiger partial charge is 0.323 e. The van der Waals surface area contributed by atoms with Crippen molar-refractivity contribution < 1.29 is 23.1 Å². The Labute approximate surface area is 248 Å². The molecule has 0 saturated heterocycles. The Hall–Kier alpha value is -5.01. The summed E-state index contributed by atoms with van der Waals surface area (Å²) in [5, 5.41) is 20.9. The molecule has 0 saturated carbocycles. The van der Waals surface area contributed by atoms with Crippen LogP contribution in [0.25, 0.3) is 22.0 Å². The number of benzene rings is 3. The van der Waals surface area contributed by atoms with Gasteiger partial charge in [0.1, 0.15) is 6.04 Å². The molecule has 13 heteroatoms. The van der Waals surface area contributed by atoms with Gasteiger partial charge in [-0.2, -0.15) is 9.82 Å². The number of anilines is 1. The lowest BCUT2D eigenvalue weighted by Crippen LogP contribution is -2.48. The fourth-order valence-electron chi connectivity index (χ4n) is 4.78. The highest BCUT2D eigenvalue weighted by molar-refractivity contribution is 7.89. The molecule has 0 fully saturated rings. The van der Waals surface area contributed by atoms with Gasteiger partial charge < -0.3 is 20.7 Å². The van der Waals surface area contributed by atoms with Crippen LogP contribution in [0.2, 0.25) is 0 Å². The third-order valence-electron chi connectivity index (χ3n) is 6.90. The first-order valence-electron chi connectivity index (χ1n) is 13.6. The van der Waals surface area contributed by atoms with Gasteiger partial charge in [-0.3, -0.25) is 14.3 Å². The van der Waals surface area contributed by atoms with Gasteiger partial charge in [0.25, 0.3) is 5.91 Å². The largest absolute Gasteiger partial charge is 0.480 e. The molecule has 43 heavy (non-hydrogen) atoms. The van der Waals surface area contributed by atoms with Crippen LogP contribution < -0.4 is 15.4 Å². The fourth-order valence-corrected chi connectivity index (χ4v) is 5.97. The molecule has 0 bridgehead atoms. The standard InChI is InChI=1S/C30H31N7O5S/c1-37-27-23(25(35-37)11-6-16-31-30-32-17-18-33-30)9-5-10-24(27)28(38)34-19-26(29(39)40)36-43(41,42)22-14-12-21(13-15-22)20-7-3-2-4-8-20/h2-5,7-10,12-15,17-18,26,36H,6,11,16,19H2,1H3,(H,34,38)(H,39,40)(H2,31,32,33). The second-order valence-electron chi connectivity index (χ2n) is 9.85. The van der Waals surface area contributed by atoms with Crippen LogP contribution in [0.1, 0.15) is 22.5 Å². The molecule has 3 aromatic carbocycles. The highest BCUT2D eigenvalue weighted by Crippen LogP contribution is 2.24. The average Bonchev–Trinajstić information content (AvgIpc) is 3.65.